The Balaban J connectivity index is 1.32. The molecule has 1 aliphatic carbocycles. The van der Waals surface area contributed by atoms with Crippen molar-refractivity contribution in [2.24, 2.45) is 7.05 Å². The van der Waals surface area contributed by atoms with Crippen molar-refractivity contribution in [3.8, 4) is 22.8 Å². The van der Waals surface area contributed by atoms with Crippen molar-refractivity contribution in [2.75, 3.05) is 20.0 Å². The Morgan fingerprint density at radius 3 is 2.40 bits per heavy atom. The average Bonchev–Trinajstić information content (AvgIpc) is 3.58. The molecule has 0 amide bonds. The lowest BCUT2D eigenvalue weighted by Crippen LogP contribution is -2.17. The second kappa shape index (κ2) is 12.4. The fourth-order valence-electron chi connectivity index (χ4n) is 6.22. The van der Waals surface area contributed by atoms with Gasteiger partial charge in [-0.3, -0.25) is 4.79 Å². The molecular formula is C34H36N4O3S. The zero-order chi connectivity index (χ0) is 29.1. The smallest absolute Gasteiger partial charge is 0.191 e. The Hall–Kier alpha value is -4.04. The third-order valence-electron chi connectivity index (χ3n) is 8.25. The van der Waals surface area contributed by atoms with Crippen molar-refractivity contribution < 1.29 is 14.3 Å². The summed E-state index contributed by atoms with van der Waals surface area (Å²) >= 11 is 1.50. The summed E-state index contributed by atoms with van der Waals surface area (Å²) in [6.07, 6.45) is 6.46. The molecule has 0 radical (unpaired) electrons. The molecule has 0 bridgehead atoms. The molecule has 0 spiro atoms. The predicted octanol–water partition coefficient (Wildman–Crippen LogP) is 7.53. The van der Waals surface area contributed by atoms with Gasteiger partial charge in [0.1, 0.15) is 5.82 Å². The van der Waals surface area contributed by atoms with Crippen LogP contribution < -0.4 is 9.47 Å². The predicted molar refractivity (Wildman–Crippen MR) is 168 cm³/mol. The van der Waals surface area contributed by atoms with Crippen molar-refractivity contribution in [3.63, 3.8) is 0 Å². The highest BCUT2D eigenvalue weighted by Crippen LogP contribution is 2.37. The van der Waals surface area contributed by atoms with Crippen molar-refractivity contribution in [1.82, 2.24) is 19.3 Å². The van der Waals surface area contributed by atoms with Crippen LogP contribution in [0, 0.1) is 0 Å². The topological polar surface area (TPSA) is 71.2 Å². The minimum atomic E-state index is 0.0929. The molecule has 216 valence electrons. The molecular weight excluding hydrogens is 544 g/mol. The first-order valence-corrected chi connectivity index (χ1v) is 15.5. The number of methoxy groups -OCH3 is 2. The molecule has 42 heavy (non-hydrogen) atoms. The molecule has 0 N–H and O–H groups in total. The standard InChI is InChI=1S/C34H36N4O3S/c1-37-27-17-11-10-16-26(27)32(33(37)24-12-6-4-7-13-24)28(39)22-42-34-36-35-31(38(34)25-14-8-5-9-15-25)21-23-18-19-29(40-2)30(20-23)41-3/h4,6-7,10-13,16-20,25H,5,8-9,14-15,21-22H2,1-3H3. The minimum absolute atomic E-state index is 0.0929. The lowest BCUT2D eigenvalue weighted by molar-refractivity contribution is 0.102. The summed E-state index contributed by atoms with van der Waals surface area (Å²) in [5, 5.41) is 11.1. The molecule has 1 saturated carbocycles. The van der Waals surface area contributed by atoms with Crippen LogP contribution in [0.15, 0.2) is 78.0 Å². The molecule has 1 aliphatic rings. The van der Waals surface area contributed by atoms with Crippen molar-refractivity contribution >= 4 is 28.4 Å². The summed E-state index contributed by atoms with van der Waals surface area (Å²) in [6.45, 7) is 0. The molecule has 0 unspecified atom stereocenters. The van der Waals surface area contributed by atoms with E-state index in [4.69, 9.17) is 9.47 Å². The van der Waals surface area contributed by atoms with E-state index in [2.05, 4.69) is 37.5 Å². The lowest BCUT2D eigenvalue weighted by Gasteiger charge is -2.25. The molecule has 2 aromatic heterocycles. The van der Waals surface area contributed by atoms with Crippen molar-refractivity contribution in [1.29, 1.82) is 0 Å². The highest BCUT2D eigenvalue weighted by Gasteiger charge is 2.26. The molecule has 5 aromatic rings. The van der Waals surface area contributed by atoms with Crippen LogP contribution in [0.4, 0.5) is 0 Å². The number of benzene rings is 3. The van der Waals surface area contributed by atoms with Gasteiger partial charge in [0.25, 0.3) is 0 Å². The molecule has 1 fully saturated rings. The maximum Gasteiger partial charge on any atom is 0.191 e. The number of para-hydroxylation sites is 1. The highest BCUT2D eigenvalue weighted by molar-refractivity contribution is 7.99. The first-order valence-electron chi connectivity index (χ1n) is 14.5. The Morgan fingerprint density at radius 2 is 1.64 bits per heavy atom. The average molecular weight is 581 g/mol. The second-order valence-electron chi connectivity index (χ2n) is 10.8. The van der Waals surface area contributed by atoms with Crippen molar-refractivity contribution in [3.05, 3.63) is 89.7 Å². The number of carbonyl (C=O) groups excluding carboxylic acids is 1. The quantitative estimate of drug-likeness (QED) is 0.126. The summed E-state index contributed by atoms with van der Waals surface area (Å²) in [6, 6.07) is 24.6. The van der Waals surface area contributed by atoms with Gasteiger partial charge in [-0.2, -0.15) is 0 Å². The number of fused-ring (bicyclic) bond motifs is 1. The SMILES string of the molecule is COc1ccc(Cc2nnc(SCC(=O)c3c(-c4ccccc4)n(C)c4ccccc34)n2C2CCCCC2)cc1OC. The third kappa shape index (κ3) is 5.43. The van der Waals surface area contributed by atoms with Crippen LogP contribution >= 0.6 is 11.8 Å². The van der Waals surface area contributed by atoms with Crippen LogP contribution in [-0.4, -0.2) is 45.1 Å². The molecule has 7 nitrogen and oxygen atoms in total. The van der Waals surface area contributed by atoms with Crippen LogP contribution in [-0.2, 0) is 13.5 Å². The van der Waals surface area contributed by atoms with Crippen LogP contribution in [0.5, 0.6) is 11.5 Å². The van der Waals surface area contributed by atoms with Gasteiger partial charge < -0.3 is 18.6 Å². The first kappa shape index (κ1) is 28.1. The van der Waals surface area contributed by atoms with E-state index in [0.717, 1.165) is 57.1 Å². The number of thioether (sulfide) groups is 1. The number of aryl methyl sites for hydroxylation is 1. The largest absolute Gasteiger partial charge is 0.493 e. The highest BCUT2D eigenvalue weighted by atomic mass is 32.2. The van der Waals surface area contributed by atoms with E-state index in [-0.39, 0.29) is 11.5 Å². The fraction of sp³-hybridized carbons (Fsp3) is 0.324. The normalized spacial score (nSPS) is 13.9. The Kier molecular flexibility index (Phi) is 8.33. The number of aromatic nitrogens is 4. The Labute approximate surface area is 250 Å². The van der Waals surface area contributed by atoms with E-state index < -0.39 is 0 Å². The maximum atomic E-state index is 14.0. The molecule has 3 aromatic carbocycles. The first-order chi connectivity index (χ1) is 20.6. The fourth-order valence-corrected chi connectivity index (χ4v) is 7.11. The third-order valence-corrected chi connectivity index (χ3v) is 9.19. The summed E-state index contributed by atoms with van der Waals surface area (Å²) in [7, 11) is 5.33. The van der Waals surface area contributed by atoms with Gasteiger partial charge in [0.05, 0.1) is 31.2 Å². The van der Waals surface area contributed by atoms with E-state index in [0.29, 0.717) is 24.0 Å². The molecule has 8 heteroatoms. The van der Waals surface area contributed by atoms with Crippen LogP contribution in [0.3, 0.4) is 0 Å². The molecule has 2 heterocycles. The number of ether oxygens (including phenoxy) is 2. The second-order valence-corrected chi connectivity index (χ2v) is 11.7. The Bertz CT molecular complexity index is 1700. The minimum Gasteiger partial charge on any atom is -0.493 e. The van der Waals surface area contributed by atoms with Gasteiger partial charge in [0.15, 0.2) is 22.4 Å². The summed E-state index contributed by atoms with van der Waals surface area (Å²) in [4.78, 5) is 14.0. The molecule has 0 aliphatic heterocycles. The van der Waals surface area contributed by atoms with E-state index in [1.807, 2.05) is 61.6 Å². The zero-order valence-corrected chi connectivity index (χ0v) is 25.2. The number of carbonyl (C=O) groups is 1. The Morgan fingerprint density at radius 1 is 0.905 bits per heavy atom. The summed E-state index contributed by atoms with van der Waals surface area (Å²) in [5.41, 5.74) is 4.87. The zero-order valence-electron chi connectivity index (χ0n) is 24.4. The van der Waals surface area contributed by atoms with Gasteiger partial charge >= 0.3 is 0 Å². The summed E-state index contributed by atoms with van der Waals surface area (Å²) < 4.78 is 15.4. The molecule has 0 saturated heterocycles. The van der Waals surface area contributed by atoms with E-state index >= 15 is 0 Å². The monoisotopic (exact) mass is 580 g/mol. The lowest BCUT2D eigenvalue weighted by atomic mass is 9.95. The number of Topliss-reactive ketones (excluding diaryl/α,β-unsaturated/α-hetero) is 1. The van der Waals surface area contributed by atoms with Gasteiger partial charge in [-0.15, -0.1) is 10.2 Å². The van der Waals surface area contributed by atoms with E-state index in [1.54, 1.807) is 14.2 Å². The van der Waals surface area contributed by atoms with Gasteiger partial charge in [0.2, 0.25) is 0 Å². The van der Waals surface area contributed by atoms with E-state index in [9.17, 15) is 4.79 Å². The molecule has 6 rings (SSSR count). The summed E-state index contributed by atoms with van der Waals surface area (Å²) in [5.74, 6) is 2.69. The van der Waals surface area contributed by atoms with Gasteiger partial charge in [-0.1, -0.05) is 85.6 Å². The maximum absolute atomic E-state index is 14.0. The molecule has 0 atom stereocenters. The van der Waals surface area contributed by atoms with Gasteiger partial charge in [-0.25, -0.2) is 0 Å². The van der Waals surface area contributed by atoms with Crippen molar-refractivity contribution in [2.45, 2.75) is 49.7 Å². The number of rotatable bonds is 10. The van der Waals surface area contributed by atoms with Crippen LogP contribution in [0.25, 0.3) is 22.2 Å². The number of hydrogen-bond acceptors (Lipinski definition) is 6. The van der Waals surface area contributed by atoms with Crippen LogP contribution in [0.1, 0.15) is 59.9 Å². The van der Waals surface area contributed by atoms with Gasteiger partial charge in [-0.05, 0) is 42.2 Å². The van der Waals surface area contributed by atoms with Gasteiger partial charge in [0, 0.05) is 30.4 Å². The van der Waals surface area contributed by atoms with Crippen LogP contribution in [0.2, 0.25) is 0 Å². The number of ketones is 1. The number of hydrogen-bond donors (Lipinski definition) is 0. The number of nitrogens with zero attached hydrogens (tertiary/aromatic N) is 4. The van der Waals surface area contributed by atoms with E-state index in [1.165, 1.54) is 31.0 Å².